The smallest absolute Gasteiger partial charge is 0.380 e. The van der Waals surface area contributed by atoms with Crippen LogP contribution in [0.5, 0.6) is 0 Å². The summed E-state index contributed by atoms with van der Waals surface area (Å²) < 4.78 is 45.2. The highest BCUT2D eigenvalue weighted by atomic mass is 19.4. The van der Waals surface area contributed by atoms with Crippen molar-refractivity contribution < 1.29 is 32.3 Å². The first-order chi connectivity index (χ1) is 17.7. The third-order valence-corrected chi connectivity index (χ3v) is 6.87. The lowest BCUT2D eigenvalue weighted by atomic mass is 9.82. The van der Waals surface area contributed by atoms with Crippen LogP contribution in [0.15, 0.2) is 60.7 Å². The fourth-order valence-corrected chi connectivity index (χ4v) is 4.67. The van der Waals surface area contributed by atoms with Crippen LogP contribution in [0, 0.1) is 11.3 Å². The molecule has 4 rings (SSSR count). The molecule has 2 fully saturated rings. The van der Waals surface area contributed by atoms with Crippen molar-refractivity contribution in [3.05, 3.63) is 71.8 Å². The van der Waals surface area contributed by atoms with E-state index in [1.54, 1.807) is 30.3 Å². The molecule has 0 spiro atoms. The van der Waals surface area contributed by atoms with Crippen molar-refractivity contribution in [2.45, 2.75) is 44.8 Å². The molecule has 1 saturated carbocycles. The summed E-state index contributed by atoms with van der Waals surface area (Å²) in [5.41, 5.74) is -0.514. The fourth-order valence-electron chi connectivity index (χ4n) is 4.67. The van der Waals surface area contributed by atoms with E-state index in [-0.39, 0.29) is 48.7 Å². The van der Waals surface area contributed by atoms with Gasteiger partial charge in [0.1, 0.15) is 5.78 Å². The van der Waals surface area contributed by atoms with Crippen molar-refractivity contribution in [1.82, 2.24) is 5.32 Å². The highest BCUT2D eigenvalue weighted by Gasteiger charge is 2.40. The number of allylic oxidation sites excluding steroid dienone is 1. The number of benzene rings is 2. The Bertz CT molecular complexity index is 1170. The van der Waals surface area contributed by atoms with E-state index in [4.69, 9.17) is 4.74 Å². The highest BCUT2D eigenvalue weighted by molar-refractivity contribution is 5.97. The number of rotatable bonds is 8. The van der Waals surface area contributed by atoms with E-state index < -0.39 is 17.2 Å². The molecule has 1 amide bonds. The first kappa shape index (κ1) is 26.6. The summed E-state index contributed by atoms with van der Waals surface area (Å²) in [6, 6.07) is 12.0. The Morgan fingerprint density at radius 2 is 1.86 bits per heavy atom. The second-order valence-corrected chi connectivity index (χ2v) is 9.57. The summed E-state index contributed by atoms with van der Waals surface area (Å²) in [6.45, 7) is 0.764. The average Bonchev–Trinajstić information content (AvgIpc) is 3.37. The van der Waals surface area contributed by atoms with Crippen molar-refractivity contribution in [3.8, 4) is 0 Å². The summed E-state index contributed by atoms with van der Waals surface area (Å²) >= 11 is 0. The zero-order valence-corrected chi connectivity index (χ0v) is 20.3. The lowest BCUT2D eigenvalue weighted by molar-refractivity contribution is -0.137. The molecular formula is C28H29F3N2O4. The molecule has 1 aliphatic carbocycles. The zero-order chi connectivity index (χ0) is 26.5. The molecule has 2 N–H and O–H groups in total. The van der Waals surface area contributed by atoms with Crippen LogP contribution in [0.3, 0.4) is 0 Å². The van der Waals surface area contributed by atoms with Gasteiger partial charge < -0.3 is 15.4 Å². The lowest BCUT2D eigenvalue weighted by Crippen LogP contribution is -2.40. The van der Waals surface area contributed by atoms with Crippen molar-refractivity contribution in [2.24, 2.45) is 11.3 Å². The number of carbonyl (C=O) groups is 3. The van der Waals surface area contributed by atoms with Crippen molar-refractivity contribution in [2.75, 3.05) is 18.5 Å². The first-order valence-corrected chi connectivity index (χ1v) is 12.3. The molecule has 1 aliphatic heterocycles. The van der Waals surface area contributed by atoms with E-state index in [2.05, 4.69) is 10.6 Å². The second-order valence-electron chi connectivity index (χ2n) is 9.57. The van der Waals surface area contributed by atoms with Crippen molar-refractivity contribution in [1.29, 1.82) is 0 Å². The molecule has 0 radical (unpaired) electrons. The van der Waals surface area contributed by atoms with Gasteiger partial charge in [0.15, 0.2) is 5.78 Å². The van der Waals surface area contributed by atoms with Crippen LogP contribution in [-0.4, -0.2) is 30.7 Å². The Hall–Kier alpha value is -3.46. The number of ketones is 2. The molecule has 2 aromatic rings. The normalized spacial score (nSPS) is 22.2. The molecule has 1 saturated heterocycles. The van der Waals surface area contributed by atoms with Gasteiger partial charge in [-0.3, -0.25) is 14.4 Å². The number of amides is 1. The number of hydrogen-bond acceptors (Lipinski definition) is 5. The highest BCUT2D eigenvalue weighted by Crippen LogP contribution is 2.36. The molecule has 1 heterocycles. The van der Waals surface area contributed by atoms with Crippen LogP contribution in [-0.2, 0) is 31.8 Å². The predicted molar refractivity (Wildman–Crippen MR) is 132 cm³/mol. The van der Waals surface area contributed by atoms with E-state index in [1.165, 1.54) is 24.3 Å². The molecule has 196 valence electrons. The molecule has 1 unspecified atom stereocenters. The minimum atomic E-state index is -4.47. The minimum Gasteiger partial charge on any atom is -0.380 e. The third-order valence-electron chi connectivity index (χ3n) is 6.87. The van der Waals surface area contributed by atoms with E-state index in [1.807, 2.05) is 0 Å². The van der Waals surface area contributed by atoms with E-state index in [0.29, 0.717) is 38.0 Å². The molecule has 2 aliphatic rings. The van der Waals surface area contributed by atoms with Crippen molar-refractivity contribution in [3.63, 3.8) is 0 Å². The number of anilines is 2. The average molecular weight is 515 g/mol. The van der Waals surface area contributed by atoms with Crippen LogP contribution in [0.1, 0.15) is 43.2 Å². The molecule has 9 heteroatoms. The van der Waals surface area contributed by atoms with Crippen molar-refractivity contribution >= 4 is 28.8 Å². The third kappa shape index (κ3) is 6.65. The van der Waals surface area contributed by atoms with E-state index in [0.717, 1.165) is 11.6 Å². The maximum absolute atomic E-state index is 13.2. The van der Waals surface area contributed by atoms with Crippen LogP contribution in [0.2, 0.25) is 0 Å². The van der Waals surface area contributed by atoms with Gasteiger partial charge in [0.25, 0.3) is 0 Å². The molecule has 0 bridgehead atoms. The quantitative estimate of drug-likeness (QED) is 0.464. The SMILES string of the molecule is O=C1CCCC(C(=O)/C=C/[C@@]2(C(=O)NCc3ccc(Nc4ccccc4C(F)(F)F)cc3)CCOC2)C1. The molecule has 6 nitrogen and oxygen atoms in total. The zero-order valence-electron chi connectivity index (χ0n) is 20.3. The molecule has 0 aromatic heterocycles. The summed E-state index contributed by atoms with van der Waals surface area (Å²) in [6.07, 6.45) is 1.17. The minimum absolute atomic E-state index is 0.0434. The second kappa shape index (κ2) is 11.3. The Morgan fingerprint density at radius 1 is 1.11 bits per heavy atom. The first-order valence-electron chi connectivity index (χ1n) is 12.3. The Balaban J connectivity index is 1.36. The maximum Gasteiger partial charge on any atom is 0.418 e. The Labute approximate surface area is 213 Å². The number of carbonyl (C=O) groups excluding carboxylic acids is 3. The van der Waals surface area contributed by atoms with Crippen LogP contribution in [0.25, 0.3) is 0 Å². The van der Waals surface area contributed by atoms with Gasteiger partial charge >= 0.3 is 6.18 Å². The van der Waals surface area contributed by atoms with Crippen LogP contribution in [0.4, 0.5) is 24.5 Å². The van der Waals surface area contributed by atoms with Gasteiger partial charge in [-0.25, -0.2) is 0 Å². The van der Waals surface area contributed by atoms with Gasteiger partial charge in [0.2, 0.25) is 5.91 Å². The molecule has 37 heavy (non-hydrogen) atoms. The summed E-state index contributed by atoms with van der Waals surface area (Å²) in [5.74, 6) is -0.632. The topological polar surface area (TPSA) is 84.5 Å². The predicted octanol–water partition coefficient (Wildman–Crippen LogP) is 5.36. The Morgan fingerprint density at radius 3 is 2.54 bits per heavy atom. The van der Waals surface area contributed by atoms with Gasteiger partial charge in [0, 0.05) is 37.6 Å². The van der Waals surface area contributed by atoms with Crippen LogP contribution >= 0.6 is 0 Å². The number of Topliss-reactive ketones (excluding diaryl/α,β-unsaturated/α-hetero) is 1. The van der Waals surface area contributed by atoms with Gasteiger partial charge in [0.05, 0.1) is 23.3 Å². The van der Waals surface area contributed by atoms with E-state index in [9.17, 15) is 27.6 Å². The summed E-state index contributed by atoms with van der Waals surface area (Å²) in [4.78, 5) is 37.4. The number of alkyl halides is 3. The number of halogens is 3. The standard InChI is InChI=1S/C28H29F3N2O4/c29-28(30,31)23-6-1-2-7-24(23)33-21-10-8-19(9-11-21)17-32-26(36)27(14-15-37-18-27)13-12-25(35)20-4-3-5-22(34)16-20/h1-2,6-13,20,33H,3-5,14-18H2,(H,32,36)/b13-12+/t20?,27-/m1/s1. The molecular weight excluding hydrogens is 485 g/mol. The van der Waals surface area contributed by atoms with Gasteiger partial charge in [-0.05, 0) is 55.2 Å². The number of ether oxygens (including phenoxy) is 1. The number of nitrogens with one attached hydrogen (secondary N) is 2. The monoisotopic (exact) mass is 514 g/mol. The summed E-state index contributed by atoms with van der Waals surface area (Å²) in [5, 5.41) is 5.68. The lowest BCUT2D eigenvalue weighted by Gasteiger charge is -2.23. The largest absolute Gasteiger partial charge is 0.418 e. The number of para-hydroxylation sites is 1. The summed E-state index contributed by atoms with van der Waals surface area (Å²) in [7, 11) is 0. The van der Waals surface area contributed by atoms with Crippen LogP contribution < -0.4 is 10.6 Å². The number of hydrogen-bond donors (Lipinski definition) is 2. The van der Waals surface area contributed by atoms with Gasteiger partial charge in [-0.2, -0.15) is 13.2 Å². The van der Waals surface area contributed by atoms with Gasteiger partial charge in [-0.15, -0.1) is 0 Å². The Kier molecular flexibility index (Phi) is 8.12. The van der Waals surface area contributed by atoms with Gasteiger partial charge in [-0.1, -0.05) is 30.3 Å². The molecule has 2 aromatic carbocycles. The van der Waals surface area contributed by atoms with E-state index >= 15 is 0 Å². The fraction of sp³-hybridized carbons (Fsp3) is 0.393. The maximum atomic E-state index is 13.2. The molecule has 2 atom stereocenters.